The number of rotatable bonds is 40. The predicted molar refractivity (Wildman–Crippen MR) is 511 cm³/mol. The van der Waals surface area contributed by atoms with Crippen molar-refractivity contribution in [3.05, 3.63) is 117 Å². The molecule has 126 heavy (non-hydrogen) atoms. The van der Waals surface area contributed by atoms with Crippen LogP contribution < -0.4 is 0 Å². The molecule has 0 saturated heterocycles. The number of aromatic hydroxyl groups is 4. The molecule has 706 valence electrons. The van der Waals surface area contributed by atoms with Crippen LogP contribution in [0.3, 0.4) is 0 Å². The maximum atomic E-state index is 12.9. The van der Waals surface area contributed by atoms with E-state index in [4.69, 9.17) is 23.7 Å². The summed E-state index contributed by atoms with van der Waals surface area (Å²) in [4.78, 5) is 12.9. The zero-order valence-corrected chi connectivity index (χ0v) is 80.4. The molecular formula is C113H176O13. The summed E-state index contributed by atoms with van der Waals surface area (Å²) in [6.45, 7) is 17.9. The summed E-state index contributed by atoms with van der Waals surface area (Å²) in [6, 6.07) is 24.4. The third-order valence-corrected chi connectivity index (χ3v) is 36.9. The summed E-state index contributed by atoms with van der Waals surface area (Å²) in [5.74, 6) is 11.3. The Morgan fingerprint density at radius 3 is 1.00 bits per heavy atom. The molecule has 12 aliphatic rings. The van der Waals surface area contributed by atoms with Gasteiger partial charge in [0.05, 0.1) is 24.9 Å². The van der Waals surface area contributed by atoms with Crippen LogP contribution in [0.2, 0.25) is 0 Å². The van der Waals surface area contributed by atoms with Crippen molar-refractivity contribution in [3.63, 3.8) is 0 Å². The minimum Gasteiger partial charge on any atom is -0.508 e. The lowest BCUT2D eigenvalue weighted by molar-refractivity contribution is -0.157. The molecule has 0 amide bonds. The molecule has 0 bridgehead atoms. The van der Waals surface area contributed by atoms with Gasteiger partial charge < -0.3 is 59.4 Å². The van der Waals surface area contributed by atoms with Gasteiger partial charge in [0.25, 0.3) is 0 Å². The number of methoxy groups -OCH3 is 3. The second kappa shape index (κ2) is 47.3. The third kappa shape index (κ3) is 23.4. The van der Waals surface area contributed by atoms with Crippen LogP contribution in [0.4, 0.5) is 0 Å². The molecule has 0 heterocycles. The Morgan fingerprint density at radius 2 is 0.635 bits per heavy atom. The molecule has 16 rings (SSSR count). The molecule has 0 unspecified atom stereocenters. The molecule has 13 heteroatoms. The van der Waals surface area contributed by atoms with Crippen molar-refractivity contribution in [1.29, 1.82) is 0 Å². The summed E-state index contributed by atoms with van der Waals surface area (Å²) in [6.07, 6.45) is 60.3. The molecule has 0 radical (unpaired) electrons. The number of ether oxygens (including phenoxy) is 5. The van der Waals surface area contributed by atoms with Crippen LogP contribution in [0.25, 0.3) is 0 Å². The number of aliphatic hydroxyl groups excluding tert-OH is 3. The monoisotopic (exact) mass is 1740 g/mol. The van der Waals surface area contributed by atoms with Crippen molar-refractivity contribution in [2.45, 2.75) is 434 Å². The van der Waals surface area contributed by atoms with Crippen LogP contribution in [0, 0.1) is 69.0 Å². The Hall–Kier alpha value is -4.73. The smallest absolute Gasteiger partial charge is 0.306 e. The fourth-order valence-corrected chi connectivity index (χ4v) is 29.8. The standard InChI is InChI=1S/C38H62O4.C27H42O3.C25H38O3.C23H34O3/c1-4-5-6-7-8-9-10-11-12-13-14-15-16-17-18-19-37(40)42-36-23-22-35-34-26-29(28-41-3)33-27-30(39)20-21-31(33)32(34)24-25-38(35,36)2;1-3-30-16-8-6-4-5-7-9-19-17-24-22(21-11-10-20(28)18-23(19)21)14-15-27(2)25(24)12-13-26(27)29;1-25-13-12-20-19-9-8-18(26)16-21(19)17(7-5-3-4-6-14-28-2)15-22(20)23(25)10-11-24(25)27;1-23-11-10-18-17-7-6-16(24)14-19(17)15(5-3-4-12-26-2)13-20(18)21(23)8-9-22(23)25/h20-21,27,29,32,34-36,39H,4-19,22-26,28H2,1-3H3;10-11,18-19,22,24-26,28-29H,3-9,12-17H2,1-2H3;8-9,16-17,20,22-24,26-27H,3-7,10-15H2,1-2H3;6-7,14-15,18,20-22,24-25H,3-5,8-13H2,1-2H3/t29-,32+,34+,35-,36-,38-;19-,22-,24-,25+,26+,27+;17-,20-,22-,23+,24+,25+;15-,18-,20-,21+,22+,23+/m0111/s1. The van der Waals surface area contributed by atoms with Crippen LogP contribution >= 0.6 is 0 Å². The SMILES string of the molecule is CCCCCCCCCCCCCCCCCC(=O)O[C@H]1CC[C@H]2[C@@H]3C[C@@H](COC)c4cc(O)ccc4[C@H]3CC[C@]12C.CCOCCCCCCC[C@@H]1C[C@@H]2[C@H](CC[C@]3(C)[C@@H](O)CC[C@@H]23)c2ccc(O)cc21.COCCCCCC[C@@H]1C[C@@H]2[C@H](CC[C@]3(C)[C@@H](O)CC[C@@H]23)c2ccc(O)cc21.COCCCC[C@@H]1C[C@@H]2[C@H](CC[C@]3(C)[C@@H](O)CC[C@@H]23)c2ccc(O)cc21. The van der Waals surface area contributed by atoms with E-state index in [1.165, 1.54) is 263 Å². The van der Waals surface area contributed by atoms with Gasteiger partial charge in [0, 0.05) is 65.5 Å². The Balaban J connectivity index is 0.000000146. The molecule has 8 fully saturated rings. The summed E-state index contributed by atoms with van der Waals surface area (Å²) < 4.78 is 27.7. The van der Waals surface area contributed by atoms with E-state index < -0.39 is 0 Å². The maximum Gasteiger partial charge on any atom is 0.306 e. The highest BCUT2D eigenvalue weighted by Gasteiger charge is 2.61. The van der Waals surface area contributed by atoms with Crippen molar-refractivity contribution in [2.75, 3.05) is 54.4 Å². The summed E-state index contributed by atoms with van der Waals surface area (Å²) in [5.41, 5.74) is 11.9. The van der Waals surface area contributed by atoms with Gasteiger partial charge in [-0.2, -0.15) is 0 Å². The highest BCUT2D eigenvalue weighted by atomic mass is 16.5. The molecule has 4 aromatic carbocycles. The molecule has 8 saturated carbocycles. The number of hydrogen-bond acceptors (Lipinski definition) is 13. The van der Waals surface area contributed by atoms with E-state index in [-0.39, 0.29) is 52.0 Å². The zero-order valence-electron chi connectivity index (χ0n) is 80.4. The van der Waals surface area contributed by atoms with E-state index in [9.17, 15) is 40.5 Å². The average molecular weight is 1740 g/mol. The van der Waals surface area contributed by atoms with E-state index in [0.29, 0.717) is 131 Å². The predicted octanol–water partition coefficient (Wildman–Crippen LogP) is 27.9. The number of phenolic OH excluding ortho intramolecular Hbond substituents is 4. The fraction of sp³-hybridized carbons (Fsp3) is 0.779. The quantitative estimate of drug-likeness (QED) is 0.0164. The number of hydrogen-bond donors (Lipinski definition) is 7. The molecule has 4 aromatic rings. The van der Waals surface area contributed by atoms with Gasteiger partial charge in [-0.3, -0.25) is 4.79 Å². The number of esters is 1. The summed E-state index contributed by atoms with van der Waals surface area (Å²) in [7, 11) is 5.33. The van der Waals surface area contributed by atoms with Crippen LogP contribution in [-0.2, 0) is 28.5 Å². The minimum atomic E-state index is -0.116. The fourth-order valence-electron chi connectivity index (χ4n) is 29.8. The molecule has 7 N–H and O–H groups in total. The minimum absolute atomic E-state index is 0.0282. The number of benzene rings is 4. The molecule has 12 aliphatic carbocycles. The van der Waals surface area contributed by atoms with Crippen LogP contribution in [-0.4, -0.2) is 120 Å². The first-order chi connectivity index (χ1) is 61.1. The lowest BCUT2D eigenvalue weighted by Gasteiger charge is -2.51. The Bertz CT molecular complexity index is 3950. The molecule has 0 aliphatic heterocycles. The van der Waals surface area contributed by atoms with Crippen LogP contribution in [0.5, 0.6) is 23.0 Å². The first-order valence-corrected chi connectivity index (χ1v) is 52.7. The van der Waals surface area contributed by atoms with Crippen molar-refractivity contribution in [3.8, 4) is 23.0 Å². The van der Waals surface area contributed by atoms with Crippen LogP contribution in [0.1, 0.15) is 454 Å². The van der Waals surface area contributed by atoms with E-state index >= 15 is 0 Å². The second-order valence-electron chi connectivity index (χ2n) is 44.1. The molecule has 13 nitrogen and oxygen atoms in total. The number of carbonyl (C=O) groups is 1. The van der Waals surface area contributed by atoms with E-state index in [1.807, 2.05) is 36.4 Å². The van der Waals surface area contributed by atoms with Gasteiger partial charge in [-0.05, 0) is 378 Å². The van der Waals surface area contributed by atoms with E-state index in [1.54, 1.807) is 21.3 Å². The maximum absolute atomic E-state index is 12.9. The second-order valence-corrected chi connectivity index (χ2v) is 44.1. The van der Waals surface area contributed by atoms with Gasteiger partial charge in [0.1, 0.15) is 29.1 Å². The van der Waals surface area contributed by atoms with Crippen molar-refractivity contribution >= 4 is 5.97 Å². The first kappa shape index (κ1) is 98.8. The Labute approximate surface area is 763 Å². The first-order valence-electron chi connectivity index (χ1n) is 52.7. The number of aliphatic hydroxyl groups is 3. The van der Waals surface area contributed by atoms with Crippen molar-refractivity contribution in [2.24, 2.45) is 69.0 Å². The molecule has 0 aromatic heterocycles. The van der Waals surface area contributed by atoms with Gasteiger partial charge in [-0.1, -0.05) is 200 Å². The lowest BCUT2D eigenvalue weighted by atomic mass is 9.53. The number of carbonyl (C=O) groups excluding carboxylic acids is 1. The number of phenols is 4. The Morgan fingerprint density at radius 1 is 0.333 bits per heavy atom. The zero-order chi connectivity index (χ0) is 89.0. The number of fused-ring (bicyclic) bond motifs is 20. The topological polar surface area (TPSA) is 205 Å². The normalized spacial score (nSPS) is 33.8. The summed E-state index contributed by atoms with van der Waals surface area (Å²) in [5, 5.41) is 72.6. The molecular weight excluding hydrogens is 1570 g/mol. The highest BCUT2D eigenvalue weighted by Crippen LogP contribution is 2.68. The average Bonchev–Trinajstić information content (AvgIpc) is 1.71. The highest BCUT2D eigenvalue weighted by molar-refractivity contribution is 5.69. The molecule has 0 spiro atoms. The largest absolute Gasteiger partial charge is 0.508 e. The lowest BCUT2D eigenvalue weighted by Crippen LogP contribution is -2.46. The Kier molecular flexibility index (Phi) is 37.0. The van der Waals surface area contributed by atoms with Gasteiger partial charge in [-0.25, -0.2) is 0 Å². The van der Waals surface area contributed by atoms with E-state index in [0.717, 1.165) is 123 Å². The summed E-state index contributed by atoms with van der Waals surface area (Å²) >= 11 is 0. The van der Waals surface area contributed by atoms with Gasteiger partial charge in [-0.15, -0.1) is 0 Å². The van der Waals surface area contributed by atoms with E-state index in [2.05, 4.69) is 77.9 Å². The van der Waals surface area contributed by atoms with Crippen molar-refractivity contribution < 1.29 is 64.2 Å². The van der Waals surface area contributed by atoms with Crippen molar-refractivity contribution in [1.82, 2.24) is 0 Å². The van der Waals surface area contributed by atoms with Crippen LogP contribution in [0.15, 0.2) is 72.8 Å². The van der Waals surface area contributed by atoms with Gasteiger partial charge in [0.2, 0.25) is 0 Å². The molecule has 24 atom stereocenters. The van der Waals surface area contributed by atoms with Gasteiger partial charge in [0.15, 0.2) is 0 Å². The van der Waals surface area contributed by atoms with Gasteiger partial charge >= 0.3 is 5.97 Å². The number of unbranched alkanes of at least 4 members (excludes halogenated alkanes) is 22. The third-order valence-electron chi connectivity index (χ3n) is 36.9.